The van der Waals surface area contributed by atoms with Gasteiger partial charge in [-0.25, -0.2) is 0 Å². The molecule has 4 rings (SSSR count). The minimum atomic E-state index is -0.360. The highest BCUT2D eigenvalue weighted by Gasteiger charge is 2.47. The quantitative estimate of drug-likeness (QED) is 0.767. The van der Waals surface area contributed by atoms with Gasteiger partial charge in [0.15, 0.2) is 0 Å². The van der Waals surface area contributed by atoms with Crippen molar-refractivity contribution >= 4 is 11.8 Å². The van der Waals surface area contributed by atoms with Crippen molar-refractivity contribution in [2.45, 2.75) is 38.6 Å². The maximum absolute atomic E-state index is 13.1. The highest BCUT2D eigenvalue weighted by molar-refractivity contribution is 5.94. The zero-order valence-corrected chi connectivity index (χ0v) is 17.4. The molecule has 1 aromatic heterocycles. The number of pyridine rings is 1. The Morgan fingerprint density at radius 1 is 1.07 bits per heavy atom. The molecule has 0 unspecified atom stereocenters. The molecule has 2 aliphatic heterocycles. The van der Waals surface area contributed by atoms with Crippen LogP contribution in [-0.2, 0) is 17.8 Å². The second-order valence-electron chi connectivity index (χ2n) is 8.58. The standard InChI is InChI=1S/C24H30N4O2/c25-22(29)21-8-2-1-6-20(21)7-4-13-27-14-9-24(10-15-27)11-16-28(23(24)30)18-19-5-3-12-26-17-19/h1-3,5-6,8,12,17H,4,7,9-11,13-16,18H2,(H2,25,29). The largest absolute Gasteiger partial charge is 0.366 e. The SMILES string of the molecule is NC(=O)c1ccccc1CCCN1CCC2(CC1)CCN(Cc1cccnc1)C2=O. The lowest BCUT2D eigenvalue weighted by atomic mass is 9.77. The van der Waals surface area contributed by atoms with Crippen molar-refractivity contribution in [3.63, 3.8) is 0 Å². The fourth-order valence-corrected chi connectivity index (χ4v) is 4.90. The van der Waals surface area contributed by atoms with Gasteiger partial charge in [-0.1, -0.05) is 24.3 Å². The van der Waals surface area contributed by atoms with E-state index in [1.807, 2.05) is 41.4 Å². The van der Waals surface area contributed by atoms with Crippen molar-refractivity contribution in [1.29, 1.82) is 0 Å². The number of nitrogens with zero attached hydrogens (tertiary/aromatic N) is 3. The average Bonchev–Trinajstić information content (AvgIpc) is 3.06. The molecule has 0 radical (unpaired) electrons. The molecule has 6 heteroatoms. The normalized spacial score (nSPS) is 18.8. The molecule has 30 heavy (non-hydrogen) atoms. The first-order valence-corrected chi connectivity index (χ1v) is 10.9. The Hall–Kier alpha value is -2.73. The lowest BCUT2D eigenvalue weighted by molar-refractivity contribution is -0.138. The number of carbonyl (C=O) groups excluding carboxylic acids is 2. The van der Waals surface area contributed by atoms with E-state index >= 15 is 0 Å². The fraction of sp³-hybridized carbons (Fsp3) is 0.458. The number of benzene rings is 1. The Labute approximate surface area is 178 Å². The first-order chi connectivity index (χ1) is 14.6. The molecule has 2 aromatic rings. The third-order valence-electron chi connectivity index (χ3n) is 6.71. The number of aromatic nitrogens is 1. The number of rotatable bonds is 7. The molecular weight excluding hydrogens is 376 g/mol. The molecule has 1 spiro atoms. The van der Waals surface area contributed by atoms with Crippen LogP contribution in [0.2, 0.25) is 0 Å². The van der Waals surface area contributed by atoms with Crippen molar-refractivity contribution in [3.8, 4) is 0 Å². The van der Waals surface area contributed by atoms with Gasteiger partial charge in [-0.15, -0.1) is 0 Å². The fourth-order valence-electron chi connectivity index (χ4n) is 4.90. The molecule has 6 nitrogen and oxygen atoms in total. The smallest absolute Gasteiger partial charge is 0.248 e. The summed E-state index contributed by atoms with van der Waals surface area (Å²) in [5.41, 5.74) is 8.05. The summed E-state index contributed by atoms with van der Waals surface area (Å²) in [6.45, 7) is 4.42. The molecular formula is C24H30N4O2. The first kappa shape index (κ1) is 20.5. The summed E-state index contributed by atoms with van der Waals surface area (Å²) in [5, 5.41) is 0. The van der Waals surface area contributed by atoms with Crippen LogP contribution in [0.25, 0.3) is 0 Å². The van der Waals surface area contributed by atoms with Gasteiger partial charge in [0.25, 0.3) is 0 Å². The van der Waals surface area contributed by atoms with Gasteiger partial charge in [0.2, 0.25) is 11.8 Å². The Morgan fingerprint density at radius 3 is 2.57 bits per heavy atom. The third kappa shape index (κ3) is 4.38. The second-order valence-corrected chi connectivity index (χ2v) is 8.58. The number of nitrogens with two attached hydrogens (primary N) is 1. The van der Waals surface area contributed by atoms with E-state index in [0.29, 0.717) is 18.0 Å². The second kappa shape index (κ2) is 8.96. The van der Waals surface area contributed by atoms with E-state index in [2.05, 4.69) is 9.88 Å². The predicted molar refractivity (Wildman–Crippen MR) is 116 cm³/mol. The van der Waals surface area contributed by atoms with Crippen LogP contribution in [0.1, 0.15) is 47.2 Å². The number of likely N-dealkylation sites (tertiary alicyclic amines) is 2. The lowest BCUT2D eigenvalue weighted by Crippen LogP contribution is -2.44. The summed E-state index contributed by atoms with van der Waals surface area (Å²) in [5.74, 6) is -0.0394. The van der Waals surface area contributed by atoms with Gasteiger partial charge in [-0.2, -0.15) is 0 Å². The van der Waals surface area contributed by atoms with Gasteiger partial charge in [0.05, 0.1) is 5.41 Å². The summed E-state index contributed by atoms with van der Waals surface area (Å²) in [6, 6.07) is 11.5. The number of amides is 2. The van der Waals surface area contributed by atoms with Crippen molar-refractivity contribution in [2.24, 2.45) is 11.1 Å². The number of piperidine rings is 1. The summed E-state index contributed by atoms with van der Waals surface area (Å²) in [7, 11) is 0. The minimum Gasteiger partial charge on any atom is -0.366 e. The van der Waals surface area contributed by atoms with Crippen LogP contribution in [0.3, 0.4) is 0 Å². The molecule has 1 aromatic carbocycles. The number of primary amides is 1. The lowest BCUT2D eigenvalue weighted by Gasteiger charge is -2.38. The maximum atomic E-state index is 13.1. The Balaban J connectivity index is 1.26. The van der Waals surface area contributed by atoms with Gasteiger partial charge in [-0.3, -0.25) is 14.6 Å². The molecule has 2 amide bonds. The van der Waals surface area contributed by atoms with E-state index in [4.69, 9.17) is 5.73 Å². The zero-order valence-electron chi connectivity index (χ0n) is 17.4. The minimum absolute atomic E-state index is 0.169. The van der Waals surface area contributed by atoms with Gasteiger partial charge >= 0.3 is 0 Å². The van der Waals surface area contributed by atoms with E-state index in [1.54, 1.807) is 12.3 Å². The van der Waals surface area contributed by atoms with Crippen LogP contribution in [0.5, 0.6) is 0 Å². The van der Waals surface area contributed by atoms with Crippen molar-refractivity contribution < 1.29 is 9.59 Å². The third-order valence-corrected chi connectivity index (χ3v) is 6.71. The van der Waals surface area contributed by atoms with Gasteiger partial charge < -0.3 is 15.5 Å². The van der Waals surface area contributed by atoms with Crippen molar-refractivity contribution in [2.75, 3.05) is 26.2 Å². The molecule has 3 heterocycles. The molecule has 2 saturated heterocycles. The van der Waals surface area contributed by atoms with E-state index in [9.17, 15) is 9.59 Å². The van der Waals surface area contributed by atoms with Gasteiger partial charge in [0.1, 0.15) is 0 Å². The van der Waals surface area contributed by atoms with Crippen LogP contribution in [0.15, 0.2) is 48.8 Å². The van der Waals surface area contributed by atoms with E-state index in [1.165, 1.54) is 0 Å². The molecule has 0 aliphatic carbocycles. The Morgan fingerprint density at radius 2 is 1.83 bits per heavy atom. The Bertz CT molecular complexity index is 891. The molecule has 0 saturated carbocycles. The average molecular weight is 407 g/mol. The van der Waals surface area contributed by atoms with Crippen LogP contribution < -0.4 is 5.73 Å². The van der Waals surface area contributed by atoms with Gasteiger partial charge in [0, 0.05) is 31.0 Å². The van der Waals surface area contributed by atoms with Crippen LogP contribution >= 0.6 is 0 Å². The zero-order chi connectivity index (χ0) is 21.0. The number of hydrogen-bond acceptors (Lipinski definition) is 4. The van der Waals surface area contributed by atoms with Gasteiger partial charge in [-0.05, 0) is 75.0 Å². The monoisotopic (exact) mass is 406 g/mol. The number of hydrogen-bond donors (Lipinski definition) is 1. The number of aryl methyl sites for hydroxylation is 1. The predicted octanol–water partition coefficient (Wildman–Crippen LogP) is 2.63. The molecule has 0 atom stereocenters. The summed E-state index contributed by atoms with van der Waals surface area (Å²) >= 11 is 0. The van der Waals surface area contributed by atoms with E-state index in [0.717, 1.165) is 69.4 Å². The van der Waals surface area contributed by atoms with Crippen LogP contribution in [0.4, 0.5) is 0 Å². The molecule has 2 fully saturated rings. The molecule has 2 aliphatic rings. The highest BCUT2D eigenvalue weighted by Crippen LogP contribution is 2.42. The molecule has 158 valence electrons. The summed E-state index contributed by atoms with van der Waals surface area (Å²) in [4.78, 5) is 33.3. The van der Waals surface area contributed by atoms with Crippen LogP contribution in [-0.4, -0.2) is 52.8 Å². The Kier molecular flexibility index (Phi) is 6.13. The summed E-state index contributed by atoms with van der Waals surface area (Å²) in [6.07, 6.45) is 8.28. The first-order valence-electron chi connectivity index (χ1n) is 10.9. The van der Waals surface area contributed by atoms with Crippen molar-refractivity contribution in [3.05, 3.63) is 65.5 Å². The maximum Gasteiger partial charge on any atom is 0.248 e. The number of carbonyl (C=O) groups is 2. The van der Waals surface area contributed by atoms with E-state index < -0.39 is 0 Å². The highest BCUT2D eigenvalue weighted by atomic mass is 16.2. The molecule has 2 N–H and O–H groups in total. The van der Waals surface area contributed by atoms with E-state index in [-0.39, 0.29) is 11.3 Å². The summed E-state index contributed by atoms with van der Waals surface area (Å²) < 4.78 is 0. The molecule has 0 bridgehead atoms. The van der Waals surface area contributed by atoms with Crippen LogP contribution in [0, 0.1) is 5.41 Å². The van der Waals surface area contributed by atoms with Crippen molar-refractivity contribution in [1.82, 2.24) is 14.8 Å². The topological polar surface area (TPSA) is 79.5 Å².